The van der Waals surface area contributed by atoms with Gasteiger partial charge in [-0.2, -0.15) is 0 Å². The number of pyridine rings is 1. The summed E-state index contributed by atoms with van der Waals surface area (Å²) in [7, 11) is 0. The molecule has 0 fully saturated rings. The number of fused-ring (bicyclic) bond motifs is 1. The van der Waals surface area contributed by atoms with Crippen molar-refractivity contribution >= 4 is 56.6 Å². The number of halogens is 2. The summed E-state index contributed by atoms with van der Waals surface area (Å²) in [5.74, 6) is -0.197. The third kappa shape index (κ3) is 3.01. The molecule has 3 rings (SSSR count). The molecule has 2 aromatic carbocycles. The number of rotatable bonds is 2. The molecule has 0 saturated heterocycles. The molecule has 0 atom stereocenters. The molecule has 0 bridgehead atoms. The standard InChI is InChI=1S/C16H10ClIN2O/c17-15-13-7-2-1-6-12(13)14(9-19-15)16(21)20-11-5-3-4-10(18)8-11/h1-9H,(H,20,21). The zero-order valence-corrected chi connectivity index (χ0v) is 13.7. The van der Waals surface area contributed by atoms with E-state index in [1.165, 1.54) is 6.20 Å². The second-order valence-corrected chi connectivity index (χ2v) is 6.08. The van der Waals surface area contributed by atoms with Crippen molar-refractivity contribution in [1.29, 1.82) is 0 Å². The van der Waals surface area contributed by atoms with Crippen LogP contribution in [0.1, 0.15) is 10.4 Å². The molecule has 1 heterocycles. The van der Waals surface area contributed by atoms with Gasteiger partial charge in [-0.05, 0) is 46.2 Å². The molecule has 0 saturated carbocycles. The van der Waals surface area contributed by atoms with Crippen LogP contribution in [-0.4, -0.2) is 10.9 Å². The number of hydrogen-bond acceptors (Lipinski definition) is 2. The second kappa shape index (κ2) is 5.99. The number of carbonyl (C=O) groups excluding carboxylic acids is 1. The maximum Gasteiger partial charge on any atom is 0.257 e. The number of amides is 1. The maximum absolute atomic E-state index is 12.5. The minimum absolute atomic E-state index is 0.197. The average Bonchev–Trinajstić information content (AvgIpc) is 2.48. The van der Waals surface area contributed by atoms with Crippen LogP contribution in [0, 0.1) is 3.57 Å². The zero-order valence-electron chi connectivity index (χ0n) is 10.8. The Balaban J connectivity index is 2.01. The summed E-state index contributed by atoms with van der Waals surface area (Å²) in [5, 5.41) is 4.85. The molecule has 1 N–H and O–H groups in total. The van der Waals surface area contributed by atoms with Crippen molar-refractivity contribution in [2.75, 3.05) is 5.32 Å². The van der Waals surface area contributed by atoms with E-state index in [1.54, 1.807) is 0 Å². The highest BCUT2D eigenvalue weighted by molar-refractivity contribution is 14.1. The highest BCUT2D eigenvalue weighted by Crippen LogP contribution is 2.25. The van der Waals surface area contributed by atoms with Crippen molar-refractivity contribution in [3.8, 4) is 0 Å². The van der Waals surface area contributed by atoms with E-state index < -0.39 is 0 Å². The minimum atomic E-state index is -0.197. The molecular formula is C16H10ClIN2O. The number of carbonyl (C=O) groups is 1. The van der Waals surface area contributed by atoms with E-state index in [9.17, 15) is 4.79 Å². The first kappa shape index (κ1) is 14.3. The number of hydrogen-bond donors (Lipinski definition) is 1. The van der Waals surface area contributed by atoms with Gasteiger partial charge >= 0.3 is 0 Å². The largest absolute Gasteiger partial charge is 0.322 e. The van der Waals surface area contributed by atoms with Crippen LogP contribution in [0.15, 0.2) is 54.7 Å². The van der Waals surface area contributed by atoms with Crippen LogP contribution in [0.25, 0.3) is 10.8 Å². The fourth-order valence-electron chi connectivity index (χ4n) is 2.10. The number of nitrogens with zero attached hydrogens (tertiary/aromatic N) is 1. The Morgan fingerprint density at radius 1 is 1.10 bits per heavy atom. The normalized spacial score (nSPS) is 10.6. The Kier molecular flexibility index (Phi) is 4.07. The number of benzene rings is 2. The number of nitrogens with one attached hydrogen (secondary N) is 1. The number of aromatic nitrogens is 1. The van der Waals surface area contributed by atoms with E-state index in [1.807, 2.05) is 48.5 Å². The summed E-state index contributed by atoms with van der Waals surface area (Å²) >= 11 is 8.28. The van der Waals surface area contributed by atoms with Crippen molar-refractivity contribution < 1.29 is 4.79 Å². The first-order valence-corrected chi connectivity index (χ1v) is 7.71. The van der Waals surface area contributed by atoms with E-state index in [0.29, 0.717) is 10.7 Å². The van der Waals surface area contributed by atoms with Crippen LogP contribution in [0.2, 0.25) is 5.15 Å². The van der Waals surface area contributed by atoms with Gasteiger partial charge in [-0.25, -0.2) is 4.98 Å². The smallest absolute Gasteiger partial charge is 0.257 e. The lowest BCUT2D eigenvalue weighted by atomic mass is 10.1. The molecule has 1 aromatic heterocycles. The number of anilines is 1. The van der Waals surface area contributed by atoms with Crippen LogP contribution in [-0.2, 0) is 0 Å². The van der Waals surface area contributed by atoms with Crippen molar-refractivity contribution in [2.24, 2.45) is 0 Å². The summed E-state index contributed by atoms with van der Waals surface area (Å²) < 4.78 is 1.06. The molecule has 104 valence electrons. The summed E-state index contributed by atoms with van der Waals surface area (Å²) in [4.78, 5) is 16.5. The highest BCUT2D eigenvalue weighted by Gasteiger charge is 2.13. The summed E-state index contributed by atoms with van der Waals surface area (Å²) in [6, 6.07) is 15.1. The third-order valence-electron chi connectivity index (χ3n) is 3.07. The van der Waals surface area contributed by atoms with Crippen molar-refractivity contribution in [2.45, 2.75) is 0 Å². The predicted octanol–water partition coefficient (Wildman–Crippen LogP) is 4.75. The Morgan fingerprint density at radius 3 is 2.62 bits per heavy atom. The van der Waals surface area contributed by atoms with E-state index in [0.717, 1.165) is 20.0 Å². The molecule has 0 spiro atoms. The lowest BCUT2D eigenvalue weighted by Crippen LogP contribution is -2.13. The van der Waals surface area contributed by atoms with Gasteiger partial charge in [0.2, 0.25) is 0 Å². The molecule has 0 aliphatic carbocycles. The van der Waals surface area contributed by atoms with Crippen LogP contribution >= 0.6 is 34.2 Å². The van der Waals surface area contributed by atoms with Crippen molar-refractivity contribution in [3.05, 3.63) is 69.0 Å². The van der Waals surface area contributed by atoms with Gasteiger partial charge < -0.3 is 5.32 Å². The van der Waals surface area contributed by atoms with Gasteiger partial charge in [-0.15, -0.1) is 0 Å². The Morgan fingerprint density at radius 2 is 1.86 bits per heavy atom. The monoisotopic (exact) mass is 408 g/mol. The van der Waals surface area contributed by atoms with E-state index >= 15 is 0 Å². The minimum Gasteiger partial charge on any atom is -0.322 e. The average molecular weight is 409 g/mol. The van der Waals surface area contributed by atoms with Crippen molar-refractivity contribution in [1.82, 2.24) is 4.98 Å². The van der Waals surface area contributed by atoms with Crippen molar-refractivity contribution in [3.63, 3.8) is 0 Å². The second-order valence-electron chi connectivity index (χ2n) is 4.47. The fourth-order valence-corrected chi connectivity index (χ4v) is 2.86. The van der Waals surface area contributed by atoms with Gasteiger partial charge in [0.25, 0.3) is 5.91 Å². The topological polar surface area (TPSA) is 42.0 Å². The van der Waals surface area contributed by atoms with E-state index in [2.05, 4.69) is 32.9 Å². The van der Waals surface area contributed by atoms with Gasteiger partial charge in [0.1, 0.15) is 5.15 Å². The molecule has 3 aromatic rings. The zero-order chi connectivity index (χ0) is 14.8. The molecule has 0 aliphatic rings. The SMILES string of the molecule is O=C(Nc1cccc(I)c1)c1cnc(Cl)c2ccccc12. The third-order valence-corrected chi connectivity index (χ3v) is 4.05. The van der Waals surface area contributed by atoms with Crippen LogP contribution in [0.5, 0.6) is 0 Å². The Bertz CT molecular complexity index is 835. The first-order valence-electron chi connectivity index (χ1n) is 6.25. The Hall–Kier alpha value is -1.66. The van der Waals surface area contributed by atoms with Crippen LogP contribution in [0.3, 0.4) is 0 Å². The Labute approximate surface area is 140 Å². The lowest BCUT2D eigenvalue weighted by Gasteiger charge is -2.09. The molecule has 1 amide bonds. The highest BCUT2D eigenvalue weighted by atomic mass is 127. The van der Waals surface area contributed by atoms with Crippen LogP contribution in [0.4, 0.5) is 5.69 Å². The van der Waals surface area contributed by atoms with Crippen LogP contribution < -0.4 is 5.32 Å². The summed E-state index contributed by atoms with van der Waals surface area (Å²) in [6.07, 6.45) is 1.51. The predicted molar refractivity (Wildman–Crippen MR) is 93.9 cm³/mol. The summed E-state index contributed by atoms with van der Waals surface area (Å²) in [5.41, 5.74) is 1.26. The first-order chi connectivity index (χ1) is 10.1. The maximum atomic E-state index is 12.5. The molecular weight excluding hydrogens is 399 g/mol. The molecule has 5 heteroatoms. The van der Waals surface area contributed by atoms with E-state index in [-0.39, 0.29) is 5.91 Å². The molecule has 0 unspecified atom stereocenters. The summed E-state index contributed by atoms with van der Waals surface area (Å²) in [6.45, 7) is 0. The molecule has 21 heavy (non-hydrogen) atoms. The van der Waals surface area contributed by atoms with Gasteiger partial charge in [-0.3, -0.25) is 4.79 Å². The van der Waals surface area contributed by atoms with Gasteiger partial charge in [0.15, 0.2) is 0 Å². The molecule has 0 aliphatic heterocycles. The van der Waals surface area contributed by atoms with Gasteiger partial charge in [0, 0.05) is 20.8 Å². The quantitative estimate of drug-likeness (QED) is 0.491. The molecule has 3 nitrogen and oxygen atoms in total. The van der Waals surface area contributed by atoms with E-state index in [4.69, 9.17) is 11.6 Å². The lowest BCUT2D eigenvalue weighted by molar-refractivity contribution is 0.102. The fraction of sp³-hybridized carbons (Fsp3) is 0. The van der Waals surface area contributed by atoms with Gasteiger partial charge in [0.05, 0.1) is 5.56 Å². The molecule has 0 radical (unpaired) electrons. The van der Waals surface area contributed by atoms with Gasteiger partial charge in [-0.1, -0.05) is 41.9 Å².